The van der Waals surface area contributed by atoms with Crippen LogP contribution >= 0.6 is 22.9 Å². The summed E-state index contributed by atoms with van der Waals surface area (Å²) in [5.74, 6) is -1.42. The third-order valence-electron chi connectivity index (χ3n) is 4.39. The molecule has 0 fully saturated rings. The van der Waals surface area contributed by atoms with Gasteiger partial charge in [-0.05, 0) is 30.3 Å². The molecule has 0 bridgehead atoms. The minimum atomic E-state index is -0.566. The number of carbonyl (C=O) groups excluding carboxylic acids is 2. The SMILES string of the molecule is O=C(COc1ccccc1C(=O)Nc1nnc(-c2ccccc2Cl)s1)Nc1ccccc1F. The predicted molar refractivity (Wildman–Crippen MR) is 125 cm³/mol. The van der Waals surface area contributed by atoms with E-state index in [1.165, 1.54) is 29.5 Å². The van der Waals surface area contributed by atoms with Gasteiger partial charge in [-0.15, -0.1) is 10.2 Å². The minimum Gasteiger partial charge on any atom is -0.483 e. The van der Waals surface area contributed by atoms with E-state index in [4.69, 9.17) is 16.3 Å². The fourth-order valence-electron chi connectivity index (χ4n) is 2.85. The number of aromatic nitrogens is 2. The monoisotopic (exact) mass is 482 g/mol. The largest absolute Gasteiger partial charge is 0.483 e. The number of hydrogen-bond donors (Lipinski definition) is 2. The lowest BCUT2D eigenvalue weighted by atomic mass is 10.2. The number of amides is 2. The molecule has 0 atom stereocenters. The third kappa shape index (κ3) is 5.51. The van der Waals surface area contributed by atoms with Gasteiger partial charge in [-0.3, -0.25) is 14.9 Å². The molecule has 10 heteroatoms. The Hall–Kier alpha value is -3.82. The summed E-state index contributed by atoms with van der Waals surface area (Å²) in [6.45, 7) is -0.409. The molecule has 0 aliphatic rings. The maximum absolute atomic E-state index is 13.7. The van der Waals surface area contributed by atoms with E-state index < -0.39 is 24.2 Å². The maximum Gasteiger partial charge on any atom is 0.262 e. The summed E-state index contributed by atoms with van der Waals surface area (Å²) in [5, 5.41) is 14.5. The number of nitrogens with zero attached hydrogens (tertiary/aromatic N) is 2. The van der Waals surface area contributed by atoms with E-state index in [1.54, 1.807) is 36.4 Å². The van der Waals surface area contributed by atoms with Crippen molar-refractivity contribution in [1.82, 2.24) is 10.2 Å². The minimum absolute atomic E-state index is 0.0442. The number of ether oxygens (including phenoxy) is 1. The van der Waals surface area contributed by atoms with Gasteiger partial charge < -0.3 is 10.1 Å². The van der Waals surface area contributed by atoms with Crippen molar-refractivity contribution >= 4 is 45.6 Å². The number of anilines is 2. The molecule has 4 rings (SSSR count). The molecule has 4 aromatic rings. The number of hydrogen-bond acceptors (Lipinski definition) is 6. The first-order chi connectivity index (χ1) is 16.0. The first-order valence-electron chi connectivity index (χ1n) is 9.67. The average Bonchev–Trinajstić information content (AvgIpc) is 3.28. The van der Waals surface area contributed by atoms with Gasteiger partial charge in [0.25, 0.3) is 11.8 Å². The molecule has 2 amide bonds. The van der Waals surface area contributed by atoms with Crippen LogP contribution < -0.4 is 15.4 Å². The van der Waals surface area contributed by atoms with Crippen molar-refractivity contribution in [3.8, 4) is 16.3 Å². The molecule has 1 heterocycles. The van der Waals surface area contributed by atoms with Crippen molar-refractivity contribution in [2.75, 3.05) is 17.2 Å². The Morgan fingerprint density at radius 1 is 0.939 bits per heavy atom. The van der Waals surface area contributed by atoms with Crippen molar-refractivity contribution in [3.63, 3.8) is 0 Å². The van der Waals surface area contributed by atoms with Crippen LogP contribution in [0.5, 0.6) is 5.75 Å². The lowest BCUT2D eigenvalue weighted by molar-refractivity contribution is -0.118. The first kappa shape index (κ1) is 22.4. The summed E-state index contributed by atoms with van der Waals surface area (Å²) < 4.78 is 19.2. The van der Waals surface area contributed by atoms with Crippen LogP contribution in [0.1, 0.15) is 10.4 Å². The number of benzene rings is 3. The Kier molecular flexibility index (Phi) is 6.92. The van der Waals surface area contributed by atoms with Gasteiger partial charge >= 0.3 is 0 Å². The van der Waals surface area contributed by atoms with E-state index in [0.717, 1.165) is 0 Å². The molecule has 2 N–H and O–H groups in total. The van der Waals surface area contributed by atoms with Gasteiger partial charge in [-0.2, -0.15) is 0 Å². The van der Waals surface area contributed by atoms with Gasteiger partial charge in [0.15, 0.2) is 11.6 Å². The number of para-hydroxylation sites is 2. The second-order valence-electron chi connectivity index (χ2n) is 6.66. The van der Waals surface area contributed by atoms with E-state index in [0.29, 0.717) is 15.6 Å². The third-order valence-corrected chi connectivity index (χ3v) is 5.59. The zero-order valence-electron chi connectivity index (χ0n) is 16.9. The highest BCUT2D eigenvalue weighted by atomic mass is 35.5. The summed E-state index contributed by atoms with van der Waals surface area (Å²) in [6.07, 6.45) is 0. The van der Waals surface area contributed by atoms with Crippen LogP contribution in [-0.4, -0.2) is 28.6 Å². The van der Waals surface area contributed by atoms with Crippen LogP contribution in [-0.2, 0) is 4.79 Å². The Balaban J connectivity index is 1.42. The van der Waals surface area contributed by atoms with Crippen molar-refractivity contribution in [1.29, 1.82) is 0 Å². The highest BCUT2D eigenvalue weighted by molar-refractivity contribution is 7.18. The van der Waals surface area contributed by atoms with E-state index in [9.17, 15) is 14.0 Å². The first-order valence-corrected chi connectivity index (χ1v) is 10.9. The second-order valence-corrected chi connectivity index (χ2v) is 8.04. The van der Waals surface area contributed by atoms with Crippen LogP contribution in [0.2, 0.25) is 5.02 Å². The highest BCUT2D eigenvalue weighted by Gasteiger charge is 2.17. The Labute approximate surface area is 197 Å². The van der Waals surface area contributed by atoms with Gasteiger partial charge in [0.05, 0.1) is 16.3 Å². The molecule has 0 aliphatic heterocycles. The summed E-state index contributed by atoms with van der Waals surface area (Å²) in [4.78, 5) is 24.9. The Bertz CT molecular complexity index is 1310. The normalized spacial score (nSPS) is 10.5. The fourth-order valence-corrected chi connectivity index (χ4v) is 3.91. The molecule has 166 valence electrons. The number of rotatable bonds is 7. The van der Waals surface area contributed by atoms with Gasteiger partial charge in [-0.1, -0.05) is 65.4 Å². The summed E-state index contributed by atoms with van der Waals surface area (Å²) in [6, 6.07) is 19.4. The number of halogens is 2. The molecular weight excluding hydrogens is 467 g/mol. The summed E-state index contributed by atoms with van der Waals surface area (Å²) >= 11 is 7.36. The molecule has 0 saturated carbocycles. The second kappa shape index (κ2) is 10.2. The Morgan fingerprint density at radius 3 is 2.48 bits per heavy atom. The van der Waals surface area contributed by atoms with Crippen LogP contribution in [0, 0.1) is 5.82 Å². The Morgan fingerprint density at radius 2 is 1.67 bits per heavy atom. The van der Waals surface area contributed by atoms with Gasteiger partial charge in [-0.25, -0.2) is 4.39 Å². The molecule has 0 unspecified atom stereocenters. The van der Waals surface area contributed by atoms with Crippen molar-refractivity contribution in [3.05, 3.63) is 89.2 Å². The fraction of sp³-hybridized carbons (Fsp3) is 0.0435. The van der Waals surface area contributed by atoms with Crippen molar-refractivity contribution < 1.29 is 18.7 Å². The smallest absolute Gasteiger partial charge is 0.262 e. The van der Waals surface area contributed by atoms with Gasteiger partial charge in [0.2, 0.25) is 5.13 Å². The highest BCUT2D eigenvalue weighted by Crippen LogP contribution is 2.32. The molecule has 3 aromatic carbocycles. The van der Waals surface area contributed by atoms with Gasteiger partial charge in [0.1, 0.15) is 11.6 Å². The van der Waals surface area contributed by atoms with Crippen LogP contribution in [0.25, 0.3) is 10.6 Å². The van der Waals surface area contributed by atoms with Crippen molar-refractivity contribution in [2.45, 2.75) is 0 Å². The molecule has 0 aliphatic carbocycles. The van der Waals surface area contributed by atoms with Gasteiger partial charge in [0, 0.05) is 5.56 Å². The predicted octanol–water partition coefficient (Wildman–Crippen LogP) is 5.27. The maximum atomic E-state index is 13.7. The van der Waals surface area contributed by atoms with Crippen LogP contribution in [0.4, 0.5) is 15.2 Å². The lowest BCUT2D eigenvalue weighted by Gasteiger charge is -2.11. The molecule has 0 saturated heterocycles. The summed E-state index contributed by atoms with van der Waals surface area (Å²) in [5.41, 5.74) is 0.954. The molecule has 33 heavy (non-hydrogen) atoms. The standard InChI is InChI=1S/C23H16ClFN4O3S/c24-16-9-3-1-7-14(16)22-28-29-23(33-22)27-21(31)15-8-2-6-12-19(15)32-13-20(30)26-18-11-5-4-10-17(18)25/h1-12H,13H2,(H,26,30)(H,27,29,31). The molecule has 0 spiro atoms. The number of carbonyl (C=O) groups is 2. The molecule has 1 aromatic heterocycles. The zero-order valence-corrected chi connectivity index (χ0v) is 18.5. The topological polar surface area (TPSA) is 93.2 Å². The van der Waals surface area contributed by atoms with E-state index in [-0.39, 0.29) is 22.1 Å². The molecular formula is C23H16ClFN4O3S. The van der Waals surface area contributed by atoms with Crippen molar-refractivity contribution in [2.24, 2.45) is 0 Å². The van der Waals surface area contributed by atoms with E-state index in [1.807, 2.05) is 18.2 Å². The lowest BCUT2D eigenvalue weighted by Crippen LogP contribution is -2.22. The zero-order chi connectivity index (χ0) is 23.2. The quantitative estimate of drug-likeness (QED) is 0.374. The van der Waals surface area contributed by atoms with Crippen LogP contribution in [0.15, 0.2) is 72.8 Å². The van der Waals surface area contributed by atoms with E-state index in [2.05, 4.69) is 20.8 Å². The average molecular weight is 483 g/mol. The van der Waals surface area contributed by atoms with E-state index >= 15 is 0 Å². The molecule has 7 nitrogen and oxygen atoms in total. The molecule has 0 radical (unpaired) electrons. The van der Waals surface area contributed by atoms with Crippen LogP contribution in [0.3, 0.4) is 0 Å². The summed E-state index contributed by atoms with van der Waals surface area (Å²) in [7, 11) is 0. The number of nitrogens with one attached hydrogen (secondary N) is 2.